The van der Waals surface area contributed by atoms with Gasteiger partial charge >= 0.3 is 0 Å². The molecule has 0 aliphatic carbocycles. The second kappa shape index (κ2) is 5.11. The number of aryl methyl sites for hydroxylation is 1. The number of nitrogen functional groups attached to an aromatic ring is 1. The van der Waals surface area contributed by atoms with Gasteiger partial charge in [-0.15, -0.1) is 5.10 Å². The lowest BCUT2D eigenvalue weighted by atomic mass is 10.3. The Kier molecular flexibility index (Phi) is 3.32. The van der Waals surface area contributed by atoms with Crippen molar-refractivity contribution in [3.05, 3.63) is 30.7 Å². The molecular weight excluding hydrogens is 204 g/mol. The summed E-state index contributed by atoms with van der Waals surface area (Å²) in [7, 11) is 0. The van der Waals surface area contributed by atoms with Gasteiger partial charge in [-0.2, -0.15) is 0 Å². The summed E-state index contributed by atoms with van der Waals surface area (Å²) in [6.07, 6.45) is 6.18. The summed E-state index contributed by atoms with van der Waals surface area (Å²) in [5.41, 5.74) is 6.41. The Morgan fingerprint density at radius 1 is 1.38 bits per heavy atom. The van der Waals surface area contributed by atoms with Gasteiger partial charge < -0.3 is 11.1 Å². The molecule has 0 radical (unpaired) electrons. The average Bonchev–Trinajstić information content (AvgIpc) is 2.79. The molecule has 0 atom stereocenters. The number of hydrogen-bond donors (Lipinski definition) is 2. The summed E-state index contributed by atoms with van der Waals surface area (Å²) in [5.74, 6) is 0.737. The Morgan fingerprint density at radius 3 is 3.06 bits per heavy atom. The van der Waals surface area contributed by atoms with Gasteiger partial charge in [0.25, 0.3) is 0 Å². The fourth-order valence-corrected chi connectivity index (χ4v) is 1.37. The zero-order chi connectivity index (χ0) is 11.2. The Hall–Kier alpha value is -2.11. The van der Waals surface area contributed by atoms with Gasteiger partial charge in [-0.25, -0.2) is 4.98 Å². The van der Waals surface area contributed by atoms with Crippen LogP contribution in [0.2, 0.25) is 0 Å². The van der Waals surface area contributed by atoms with Gasteiger partial charge in [-0.3, -0.25) is 4.68 Å². The van der Waals surface area contributed by atoms with Gasteiger partial charge in [0.1, 0.15) is 5.82 Å². The van der Waals surface area contributed by atoms with Gasteiger partial charge in [0, 0.05) is 25.5 Å². The van der Waals surface area contributed by atoms with Crippen LogP contribution in [0.25, 0.3) is 0 Å². The first-order chi connectivity index (χ1) is 7.86. The normalized spacial score (nSPS) is 10.2. The standard InChI is InChI=1S/C10H14N6/c11-9-3-1-4-12-10(9)13-5-2-7-16-8-6-14-15-16/h1,3-4,6,8H,2,5,7,11H2,(H,12,13). The molecule has 2 heterocycles. The quantitative estimate of drug-likeness (QED) is 0.724. The van der Waals surface area contributed by atoms with Crippen molar-refractivity contribution < 1.29 is 0 Å². The van der Waals surface area contributed by atoms with E-state index in [9.17, 15) is 0 Å². The summed E-state index contributed by atoms with van der Waals surface area (Å²) >= 11 is 0. The van der Waals surface area contributed by atoms with Crippen molar-refractivity contribution in [2.24, 2.45) is 0 Å². The summed E-state index contributed by atoms with van der Waals surface area (Å²) in [4.78, 5) is 4.14. The van der Waals surface area contributed by atoms with Crippen LogP contribution in [0.15, 0.2) is 30.7 Å². The predicted molar refractivity (Wildman–Crippen MR) is 61.8 cm³/mol. The first kappa shape index (κ1) is 10.4. The van der Waals surface area contributed by atoms with Gasteiger partial charge in [0.15, 0.2) is 0 Å². The molecule has 0 aromatic carbocycles. The first-order valence-corrected chi connectivity index (χ1v) is 5.15. The maximum atomic E-state index is 5.74. The molecule has 0 aliphatic heterocycles. The van der Waals surface area contributed by atoms with Crippen molar-refractivity contribution in [3.63, 3.8) is 0 Å². The third kappa shape index (κ3) is 2.69. The minimum atomic E-state index is 0.670. The highest BCUT2D eigenvalue weighted by Crippen LogP contribution is 2.12. The Balaban J connectivity index is 1.74. The number of rotatable bonds is 5. The average molecular weight is 218 g/mol. The molecule has 0 saturated heterocycles. The lowest BCUT2D eigenvalue weighted by Gasteiger charge is -2.07. The Bertz CT molecular complexity index is 425. The number of nitrogens with two attached hydrogens (primary N) is 1. The lowest BCUT2D eigenvalue weighted by molar-refractivity contribution is 0.569. The van der Waals surface area contributed by atoms with Gasteiger partial charge in [-0.05, 0) is 18.6 Å². The largest absolute Gasteiger partial charge is 0.396 e. The molecule has 0 bridgehead atoms. The van der Waals surface area contributed by atoms with Crippen molar-refractivity contribution in [1.29, 1.82) is 0 Å². The van der Waals surface area contributed by atoms with Gasteiger partial charge in [0.2, 0.25) is 0 Å². The number of pyridine rings is 1. The molecule has 16 heavy (non-hydrogen) atoms. The maximum Gasteiger partial charge on any atom is 0.149 e. The van der Waals surface area contributed by atoms with E-state index >= 15 is 0 Å². The second-order valence-corrected chi connectivity index (χ2v) is 3.39. The van der Waals surface area contributed by atoms with Gasteiger partial charge in [-0.1, -0.05) is 5.21 Å². The topological polar surface area (TPSA) is 81.6 Å². The monoisotopic (exact) mass is 218 g/mol. The highest BCUT2D eigenvalue weighted by molar-refractivity contribution is 5.60. The molecule has 6 nitrogen and oxygen atoms in total. The molecule has 0 saturated carbocycles. The molecule has 2 aromatic rings. The van der Waals surface area contributed by atoms with Crippen LogP contribution in [-0.4, -0.2) is 26.5 Å². The molecular formula is C10H14N6. The Labute approximate surface area is 93.5 Å². The molecule has 0 fully saturated rings. The van der Waals surface area contributed by atoms with Crippen LogP contribution in [0.5, 0.6) is 0 Å². The van der Waals surface area contributed by atoms with Gasteiger partial charge in [0.05, 0.1) is 11.9 Å². The van der Waals surface area contributed by atoms with Crippen molar-refractivity contribution >= 4 is 11.5 Å². The minimum Gasteiger partial charge on any atom is -0.396 e. The smallest absolute Gasteiger partial charge is 0.149 e. The van der Waals surface area contributed by atoms with Crippen molar-refractivity contribution in [2.75, 3.05) is 17.6 Å². The molecule has 3 N–H and O–H groups in total. The summed E-state index contributed by atoms with van der Waals surface area (Å²) in [6, 6.07) is 3.64. The zero-order valence-electron chi connectivity index (χ0n) is 8.87. The second-order valence-electron chi connectivity index (χ2n) is 3.39. The summed E-state index contributed by atoms with van der Waals surface area (Å²) in [5, 5.41) is 10.8. The van der Waals surface area contributed by atoms with E-state index in [0.717, 1.165) is 25.3 Å². The van der Waals surface area contributed by atoms with Crippen LogP contribution in [0, 0.1) is 0 Å². The molecule has 2 aromatic heterocycles. The van der Waals surface area contributed by atoms with Crippen molar-refractivity contribution in [1.82, 2.24) is 20.0 Å². The van der Waals surface area contributed by atoms with E-state index in [1.807, 2.05) is 18.3 Å². The van der Waals surface area contributed by atoms with Crippen molar-refractivity contribution in [3.8, 4) is 0 Å². The summed E-state index contributed by atoms with van der Waals surface area (Å²) in [6.45, 7) is 1.64. The molecule has 0 unspecified atom stereocenters. The predicted octanol–water partition coefficient (Wildman–Crippen LogP) is 0.757. The molecule has 2 rings (SSSR count). The highest BCUT2D eigenvalue weighted by atomic mass is 15.4. The number of aromatic nitrogens is 4. The number of anilines is 2. The van der Waals surface area contributed by atoms with E-state index in [0.29, 0.717) is 5.69 Å². The fraction of sp³-hybridized carbons (Fsp3) is 0.300. The van der Waals surface area contributed by atoms with E-state index in [1.165, 1.54) is 0 Å². The van der Waals surface area contributed by atoms with Crippen LogP contribution in [0.4, 0.5) is 11.5 Å². The number of hydrogen-bond acceptors (Lipinski definition) is 5. The fourth-order valence-electron chi connectivity index (χ4n) is 1.37. The lowest BCUT2D eigenvalue weighted by Crippen LogP contribution is -2.09. The van der Waals surface area contributed by atoms with Crippen LogP contribution >= 0.6 is 0 Å². The SMILES string of the molecule is Nc1cccnc1NCCCn1ccnn1. The van der Waals surface area contributed by atoms with E-state index in [1.54, 1.807) is 17.1 Å². The number of nitrogens with one attached hydrogen (secondary N) is 1. The molecule has 6 heteroatoms. The first-order valence-electron chi connectivity index (χ1n) is 5.15. The van der Waals surface area contributed by atoms with Crippen molar-refractivity contribution in [2.45, 2.75) is 13.0 Å². The van der Waals surface area contributed by atoms with Crippen LogP contribution < -0.4 is 11.1 Å². The molecule has 0 amide bonds. The number of nitrogens with zero attached hydrogens (tertiary/aromatic N) is 4. The van der Waals surface area contributed by atoms with E-state index in [2.05, 4.69) is 20.6 Å². The minimum absolute atomic E-state index is 0.670. The third-order valence-corrected chi connectivity index (χ3v) is 2.17. The highest BCUT2D eigenvalue weighted by Gasteiger charge is 1.97. The summed E-state index contributed by atoms with van der Waals surface area (Å²) < 4.78 is 1.80. The zero-order valence-corrected chi connectivity index (χ0v) is 8.87. The molecule has 0 spiro atoms. The Morgan fingerprint density at radius 2 is 2.31 bits per heavy atom. The van der Waals surface area contributed by atoms with E-state index in [-0.39, 0.29) is 0 Å². The van der Waals surface area contributed by atoms with Crippen LogP contribution in [0.3, 0.4) is 0 Å². The van der Waals surface area contributed by atoms with E-state index < -0.39 is 0 Å². The van der Waals surface area contributed by atoms with Crippen LogP contribution in [-0.2, 0) is 6.54 Å². The molecule has 84 valence electrons. The van der Waals surface area contributed by atoms with E-state index in [4.69, 9.17) is 5.73 Å². The molecule has 0 aliphatic rings. The maximum absolute atomic E-state index is 5.74. The van der Waals surface area contributed by atoms with Crippen LogP contribution in [0.1, 0.15) is 6.42 Å². The third-order valence-electron chi connectivity index (χ3n) is 2.17.